The molecule has 5 heteroatoms. The zero-order valence-electron chi connectivity index (χ0n) is 21.9. The topological polar surface area (TPSA) is 64.7 Å². The van der Waals surface area contributed by atoms with E-state index in [4.69, 9.17) is 24.4 Å². The highest BCUT2D eigenvalue weighted by atomic mass is 16.3. The van der Waals surface area contributed by atoms with Crippen LogP contribution in [-0.4, -0.2) is 19.9 Å². The normalized spacial score (nSPS) is 11.4. The van der Waals surface area contributed by atoms with Gasteiger partial charge in [-0.3, -0.25) is 0 Å². The number of hydrogen-bond acceptors (Lipinski definition) is 5. The lowest BCUT2D eigenvalue weighted by Crippen LogP contribution is -2.00. The predicted octanol–water partition coefficient (Wildman–Crippen LogP) is 8.99. The van der Waals surface area contributed by atoms with Gasteiger partial charge in [-0.25, -0.2) is 19.9 Å². The number of rotatable bonds is 4. The van der Waals surface area contributed by atoms with Gasteiger partial charge in [0.2, 0.25) is 5.89 Å². The number of hydrogen-bond donors (Lipinski definition) is 0. The molecule has 0 saturated carbocycles. The van der Waals surface area contributed by atoms with Gasteiger partial charge in [0.15, 0.2) is 23.1 Å². The summed E-state index contributed by atoms with van der Waals surface area (Å²) in [5.41, 5.74) is 5.35. The van der Waals surface area contributed by atoms with Gasteiger partial charge < -0.3 is 4.42 Å². The average Bonchev–Trinajstić information content (AvgIpc) is 3.50. The fourth-order valence-electron chi connectivity index (χ4n) is 5.24. The molecule has 0 atom stereocenters. The Balaban J connectivity index is 1.28. The summed E-state index contributed by atoms with van der Waals surface area (Å²) < 4.78 is 6.09. The second-order valence-corrected chi connectivity index (χ2v) is 9.97. The molecule has 0 fully saturated rings. The third-order valence-electron chi connectivity index (χ3n) is 7.33. The van der Waals surface area contributed by atoms with Crippen LogP contribution >= 0.6 is 0 Å². The Kier molecular flexibility index (Phi) is 5.38. The van der Waals surface area contributed by atoms with Crippen molar-refractivity contribution in [3.63, 3.8) is 0 Å². The monoisotopic (exact) mass is 526 g/mol. The van der Waals surface area contributed by atoms with E-state index in [1.807, 2.05) is 84.9 Å². The van der Waals surface area contributed by atoms with Crippen LogP contribution in [0.2, 0.25) is 0 Å². The van der Waals surface area contributed by atoms with Crippen LogP contribution in [0.15, 0.2) is 138 Å². The maximum atomic E-state index is 6.09. The van der Waals surface area contributed by atoms with Crippen molar-refractivity contribution in [3.05, 3.63) is 133 Å². The average molecular weight is 527 g/mol. The van der Waals surface area contributed by atoms with Crippen LogP contribution in [0.5, 0.6) is 0 Å². The molecular weight excluding hydrogens is 504 g/mol. The SMILES string of the molecule is c1ccc(-c2nc(-c3ccc4ccccc4c3)nc(-c3ccc4c(ccc5oc(-c6ccccc6)nc54)c3)n2)cc1. The van der Waals surface area contributed by atoms with Gasteiger partial charge in [-0.2, -0.15) is 0 Å². The number of aromatic nitrogens is 4. The van der Waals surface area contributed by atoms with Crippen molar-refractivity contribution in [2.24, 2.45) is 0 Å². The van der Waals surface area contributed by atoms with Crippen LogP contribution < -0.4 is 0 Å². The molecule has 0 spiro atoms. The zero-order valence-corrected chi connectivity index (χ0v) is 21.9. The first-order chi connectivity index (χ1) is 20.3. The fraction of sp³-hybridized carbons (Fsp3) is 0. The van der Waals surface area contributed by atoms with Crippen molar-refractivity contribution in [1.82, 2.24) is 19.9 Å². The minimum absolute atomic E-state index is 0.613. The predicted molar refractivity (Wildman–Crippen MR) is 164 cm³/mol. The molecule has 0 aliphatic heterocycles. The molecular formula is C36H22N4O. The molecule has 0 aliphatic carbocycles. The first-order valence-corrected chi connectivity index (χ1v) is 13.5. The Morgan fingerprint density at radius 1 is 0.390 bits per heavy atom. The molecule has 6 aromatic carbocycles. The van der Waals surface area contributed by atoms with Crippen molar-refractivity contribution in [2.75, 3.05) is 0 Å². The van der Waals surface area contributed by atoms with E-state index in [-0.39, 0.29) is 0 Å². The summed E-state index contributed by atoms with van der Waals surface area (Å²) in [6.45, 7) is 0. The van der Waals surface area contributed by atoms with E-state index in [9.17, 15) is 0 Å². The molecule has 0 N–H and O–H groups in total. The van der Waals surface area contributed by atoms with Crippen LogP contribution in [0.1, 0.15) is 0 Å². The first-order valence-electron chi connectivity index (χ1n) is 13.5. The fourth-order valence-corrected chi connectivity index (χ4v) is 5.24. The molecule has 0 radical (unpaired) electrons. The summed E-state index contributed by atoms with van der Waals surface area (Å²) in [5.74, 6) is 2.51. The summed E-state index contributed by atoms with van der Waals surface area (Å²) >= 11 is 0. The van der Waals surface area contributed by atoms with Crippen molar-refractivity contribution in [1.29, 1.82) is 0 Å². The third kappa shape index (κ3) is 4.21. The molecule has 0 aliphatic rings. The summed E-state index contributed by atoms with van der Waals surface area (Å²) in [6, 6.07) is 44.9. The van der Waals surface area contributed by atoms with E-state index >= 15 is 0 Å². The van der Waals surface area contributed by atoms with Gasteiger partial charge in [-0.1, -0.05) is 103 Å². The van der Waals surface area contributed by atoms with Crippen LogP contribution in [0.4, 0.5) is 0 Å². The maximum Gasteiger partial charge on any atom is 0.227 e. The van der Waals surface area contributed by atoms with E-state index in [0.717, 1.165) is 49.5 Å². The first kappa shape index (κ1) is 23.2. The number of fused-ring (bicyclic) bond motifs is 4. The van der Waals surface area contributed by atoms with Gasteiger partial charge in [0.25, 0.3) is 0 Å². The van der Waals surface area contributed by atoms with Crippen LogP contribution in [-0.2, 0) is 0 Å². The van der Waals surface area contributed by atoms with E-state index in [2.05, 4.69) is 48.5 Å². The van der Waals surface area contributed by atoms with Gasteiger partial charge in [-0.15, -0.1) is 0 Å². The highest BCUT2D eigenvalue weighted by molar-refractivity contribution is 6.05. The van der Waals surface area contributed by atoms with Crippen molar-refractivity contribution >= 4 is 32.6 Å². The minimum Gasteiger partial charge on any atom is -0.436 e. The standard InChI is InChI=1S/C36H22N4O/c1-3-10-24(11-4-1)33-38-34(28-16-15-23-9-7-8-14-26(23)21-28)40-35(39-33)29-17-19-30-27(22-29)18-20-31-32(30)37-36(41-31)25-12-5-2-6-13-25/h1-22H. The Hall–Kier alpha value is -5.68. The highest BCUT2D eigenvalue weighted by Gasteiger charge is 2.15. The molecule has 192 valence electrons. The number of benzene rings is 6. The van der Waals surface area contributed by atoms with E-state index < -0.39 is 0 Å². The molecule has 0 bridgehead atoms. The Morgan fingerprint density at radius 2 is 0.951 bits per heavy atom. The van der Waals surface area contributed by atoms with E-state index in [1.165, 1.54) is 5.39 Å². The van der Waals surface area contributed by atoms with E-state index in [1.54, 1.807) is 0 Å². The zero-order chi connectivity index (χ0) is 27.2. The molecule has 2 heterocycles. The number of oxazole rings is 1. The summed E-state index contributed by atoms with van der Waals surface area (Å²) in [4.78, 5) is 19.6. The van der Waals surface area contributed by atoms with Crippen LogP contribution in [0, 0.1) is 0 Å². The largest absolute Gasteiger partial charge is 0.436 e. The van der Waals surface area contributed by atoms with Gasteiger partial charge in [0.1, 0.15) is 5.52 Å². The van der Waals surface area contributed by atoms with Gasteiger partial charge in [0.05, 0.1) is 0 Å². The summed E-state index contributed by atoms with van der Waals surface area (Å²) in [6.07, 6.45) is 0. The van der Waals surface area contributed by atoms with Gasteiger partial charge >= 0.3 is 0 Å². The summed E-state index contributed by atoms with van der Waals surface area (Å²) in [5, 5.41) is 4.38. The summed E-state index contributed by atoms with van der Waals surface area (Å²) in [7, 11) is 0. The molecule has 5 nitrogen and oxygen atoms in total. The minimum atomic E-state index is 0.613. The van der Waals surface area contributed by atoms with Crippen molar-refractivity contribution in [3.8, 4) is 45.6 Å². The molecule has 0 saturated heterocycles. The second-order valence-electron chi connectivity index (χ2n) is 9.97. The lowest BCUT2D eigenvalue weighted by atomic mass is 10.0. The number of nitrogens with zero attached hydrogens (tertiary/aromatic N) is 4. The third-order valence-corrected chi connectivity index (χ3v) is 7.33. The molecule has 41 heavy (non-hydrogen) atoms. The quantitative estimate of drug-likeness (QED) is 0.229. The Labute approximate surface area is 235 Å². The van der Waals surface area contributed by atoms with Crippen LogP contribution in [0.3, 0.4) is 0 Å². The highest BCUT2D eigenvalue weighted by Crippen LogP contribution is 2.33. The van der Waals surface area contributed by atoms with Crippen molar-refractivity contribution < 1.29 is 4.42 Å². The Morgan fingerprint density at radius 3 is 1.68 bits per heavy atom. The molecule has 0 amide bonds. The lowest BCUT2D eigenvalue weighted by Gasteiger charge is -2.10. The van der Waals surface area contributed by atoms with Crippen LogP contribution in [0.25, 0.3) is 78.3 Å². The lowest BCUT2D eigenvalue weighted by molar-refractivity contribution is 0.620. The van der Waals surface area contributed by atoms with Gasteiger partial charge in [-0.05, 0) is 46.5 Å². The molecule has 8 aromatic rings. The van der Waals surface area contributed by atoms with Gasteiger partial charge in [0, 0.05) is 27.6 Å². The molecule has 8 rings (SSSR count). The smallest absolute Gasteiger partial charge is 0.227 e. The van der Waals surface area contributed by atoms with Crippen molar-refractivity contribution in [2.45, 2.75) is 0 Å². The molecule has 2 aromatic heterocycles. The van der Waals surface area contributed by atoms with E-state index in [0.29, 0.717) is 23.4 Å². The Bertz CT molecular complexity index is 2210. The maximum absolute atomic E-state index is 6.09. The molecule has 0 unspecified atom stereocenters. The second kappa shape index (κ2) is 9.50.